The van der Waals surface area contributed by atoms with E-state index < -0.39 is 31.2 Å². The second-order valence-electron chi connectivity index (χ2n) is 11.1. The highest BCUT2D eigenvalue weighted by atomic mass is 32.2. The van der Waals surface area contributed by atoms with Gasteiger partial charge < -0.3 is 4.74 Å². The molecule has 13 nitrogen and oxygen atoms in total. The van der Waals surface area contributed by atoms with Crippen molar-refractivity contribution in [3.05, 3.63) is 141 Å². The van der Waals surface area contributed by atoms with Crippen molar-refractivity contribution in [2.45, 2.75) is 23.6 Å². The van der Waals surface area contributed by atoms with Crippen LogP contribution < -0.4 is 25.3 Å². The number of rotatable bonds is 10. The van der Waals surface area contributed by atoms with E-state index >= 15 is 0 Å². The molecule has 0 unspecified atom stereocenters. The van der Waals surface area contributed by atoms with E-state index in [1.165, 1.54) is 57.9 Å². The Labute approximate surface area is 282 Å². The van der Waals surface area contributed by atoms with E-state index in [-0.39, 0.29) is 32.7 Å². The minimum absolute atomic E-state index is 0.0690. The Balaban J connectivity index is 1.16. The molecule has 0 bridgehead atoms. The van der Waals surface area contributed by atoms with Crippen LogP contribution in [0.1, 0.15) is 11.4 Å². The van der Waals surface area contributed by atoms with Crippen molar-refractivity contribution in [1.82, 2.24) is 18.7 Å². The van der Waals surface area contributed by atoms with Crippen LogP contribution in [0.15, 0.2) is 129 Å². The second kappa shape index (κ2) is 12.7. The molecule has 0 radical (unpaired) electrons. The zero-order chi connectivity index (χ0) is 35.1. The summed E-state index contributed by atoms with van der Waals surface area (Å²) in [5.41, 5.74) is 0.873. The molecular weight excluding hydrogens is 669 g/mol. The molecule has 2 aromatic heterocycles. The van der Waals surface area contributed by atoms with Gasteiger partial charge in [0.05, 0.1) is 32.6 Å². The Hall–Kier alpha value is -5.80. The third-order valence-electron chi connectivity index (χ3n) is 8.09. The van der Waals surface area contributed by atoms with E-state index in [1.807, 2.05) is 12.1 Å². The van der Waals surface area contributed by atoms with Crippen LogP contribution in [0, 0.1) is 13.8 Å². The molecule has 6 rings (SSSR count). The fourth-order valence-corrected chi connectivity index (χ4v) is 7.50. The van der Waals surface area contributed by atoms with Gasteiger partial charge in [0.15, 0.2) is 0 Å². The van der Waals surface area contributed by atoms with E-state index in [0.29, 0.717) is 22.8 Å². The molecule has 2 N–H and O–H groups in total. The lowest BCUT2D eigenvalue weighted by molar-refractivity contribution is 0.481. The molecule has 15 heteroatoms. The summed E-state index contributed by atoms with van der Waals surface area (Å²) in [5.74, 6) is 0.577. The normalized spacial score (nSPS) is 11.8. The van der Waals surface area contributed by atoms with Gasteiger partial charge in [-0.25, -0.2) is 26.2 Å². The first-order chi connectivity index (χ1) is 23.3. The molecule has 2 heterocycles. The number of hydrogen-bond acceptors (Lipinski definition) is 7. The molecule has 6 aromatic rings. The molecule has 0 saturated carbocycles. The maximum atomic E-state index is 13.2. The first kappa shape index (κ1) is 33.1. The summed E-state index contributed by atoms with van der Waals surface area (Å²) in [7, 11) is -4.94. The molecule has 4 aromatic carbocycles. The summed E-state index contributed by atoms with van der Waals surface area (Å²) >= 11 is 0. The molecule has 0 saturated heterocycles. The van der Waals surface area contributed by atoms with Gasteiger partial charge in [0, 0.05) is 14.1 Å². The molecule has 0 amide bonds. The van der Waals surface area contributed by atoms with Crippen molar-refractivity contribution in [2.75, 3.05) is 9.44 Å². The molecule has 49 heavy (non-hydrogen) atoms. The Morgan fingerprint density at radius 3 is 1.16 bits per heavy atom. The lowest BCUT2D eigenvalue weighted by atomic mass is 10.3. The fraction of sp³-hybridized carbons (Fsp3) is 0.118. The van der Waals surface area contributed by atoms with Crippen LogP contribution in [0.2, 0.25) is 0 Å². The number of ether oxygens (including phenoxy) is 1. The third kappa shape index (κ3) is 6.28. The minimum Gasteiger partial charge on any atom is -0.457 e. The molecule has 0 fully saturated rings. The van der Waals surface area contributed by atoms with Crippen LogP contribution in [0.4, 0.5) is 11.4 Å². The Morgan fingerprint density at radius 2 is 0.837 bits per heavy atom. The highest BCUT2D eigenvalue weighted by Gasteiger charge is 2.24. The zero-order valence-electron chi connectivity index (χ0n) is 26.9. The van der Waals surface area contributed by atoms with Gasteiger partial charge in [-0.3, -0.25) is 28.4 Å². The van der Waals surface area contributed by atoms with Gasteiger partial charge >= 0.3 is 0 Å². The van der Waals surface area contributed by atoms with Gasteiger partial charge in [0.2, 0.25) is 0 Å². The van der Waals surface area contributed by atoms with Crippen molar-refractivity contribution in [2.24, 2.45) is 14.1 Å². The number of hydrogen-bond donors (Lipinski definition) is 2. The number of nitrogens with one attached hydrogen (secondary N) is 2. The van der Waals surface area contributed by atoms with Crippen molar-refractivity contribution in [3.8, 4) is 22.9 Å². The number of benzene rings is 4. The maximum Gasteiger partial charge on any atom is 0.296 e. The Morgan fingerprint density at radius 1 is 0.510 bits per heavy atom. The van der Waals surface area contributed by atoms with E-state index in [4.69, 9.17) is 4.74 Å². The third-order valence-corrected chi connectivity index (χ3v) is 10.8. The van der Waals surface area contributed by atoms with Crippen LogP contribution in [-0.2, 0) is 34.1 Å². The Kier molecular flexibility index (Phi) is 8.56. The van der Waals surface area contributed by atoms with Crippen LogP contribution in [-0.4, -0.2) is 35.6 Å². The Bertz CT molecular complexity index is 2320. The van der Waals surface area contributed by atoms with Gasteiger partial charge in [-0.15, -0.1) is 0 Å². The highest BCUT2D eigenvalue weighted by molar-refractivity contribution is 7.93. The van der Waals surface area contributed by atoms with Crippen LogP contribution in [0.5, 0.6) is 11.5 Å². The van der Waals surface area contributed by atoms with Crippen molar-refractivity contribution >= 4 is 31.4 Å². The largest absolute Gasteiger partial charge is 0.457 e. The number of nitrogens with zero attached hydrogens (tertiary/aromatic N) is 4. The number of aromatic nitrogens is 4. The van der Waals surface area contributed by atoms with Gasteiger partial charge in [-0.1, -0.05) is 36.4 Å². The summed E-state index contributed by atoms with van der Waals surface area (Å²) in [6.07, 6.45) is 0. The zero-order valence-corrected chi connectivity index (χ0v) is 28.5. The van der Waals surface area contributed by atoms with E-state index in [2.05, 4.69) is 9.44 Å². The monoisotopic (exact) mass is 700 g/mol. The predicted octanol–water partition coefficient (Wildman–Crippen LogP) is 4.68. The van der Waals surface area contributed by atoms with Crippen molar-refractivity contribution < 1.29 is 21.6 Å². The van der Waals surface area contributed by atoms with E-state index in [9.17, 15) is 26.4 Å². The SMILES string of the molecule is Cc1c(NS(=O)(=O)c2ccc(Oc3ccc(S(=O)(=O)Nc4c(C)n(C)n(-c5ccccc5)c4=O)cc3)cc2)c(=O)n(-c2ccccc2)n1C. The summed E-state index contributed by atoms with van der Waals surface area (Å²) < 4.78 is 69.5. The quantitative estimate of drug-likeness (QED) is 0.210. The van der Waals surface area contributed by atoms with Gasteiger partial charge in [0.25, 0.3) is 31.2 Å². The molecular formula is C34H32N6O7S2. The summed E-state index contributed by atoms with van der Waals surface area (Å²) in [6, 6.07) is 28.8. The van der Waals surface area contributed by atoms with Crippen LogP contribution in [0.25, 0.3) is 11.4 Å². The van der Waals surface area contributed by atoms with Crippen molar-refractivity contribution in [3.63, 3.8) is 0 Å². The van der Waals surface area contributed by atoms with Gasteiger partial charge in [0.1, 0.15) is 22.9 Å². The fourth-order valence-electron chi connectivity index (χ4n) is 5.27. The predicted molar refractivity (Wildman–Crippen MR) is 186 cm³/mol. The number of sulfonamides is 2. The molecule has 0 atom stereocenters. The molecule has 0 aliphatic heterocycles. The molecule has 0 spiro atoms. The molecule has 0 aliphatic carbocycles. The van der Waals surface area contributed by atoms with E-state index in [0.717, 1.165) is 0 Å². The van der Waals surface area contributed by atoms with Crippen LogP contribution >= 0.6 is 0 Å². The number of anilines is 2. The molecule has 252 valence electrons. The average Bonchev–Trinajstić information content (AvgIpc) is 3.43. The molecule has 0 aliphatic rings. The first-order valence-electron chi connectivity index (χ1n) is 14.9. The maximum absolute atomic E-state index is 13.2. The topological polar surface area (TPSA) is 155 Å². The standard InChI is InChI=1S/C34H32N6O7S2/c1-23-31(33(41)39(37(23)3)25-11-7-5-8-12-25)35-48(43,44)29-19-15-27(16-20-29)47-28-17-21-30(22-18-28)49(45,46)36-32-24(2)38(4)40(34(32)42)26-13-9-6-10-14-26/h5-22,35-36H,1-4H3. The minimum atomic E-state index is -4.14. The highest BCUT2D eigenvalue weighted by Crippen LogP contribution is 2.27. The van der Waals surface area contributed by atoms with E-state index in [1.54, 1.807) is 85.8 Å². The summed E-state index contributed by atoms with van der Waals surface area (Å²) in [5, 5.41) is 0. The summed E-state index contributed by atoms with van der Waals surface area (Å²) in [4.78, 5) is 26.2. The lowest BCUT2D eigenvalue weighted by Crippen LogP contribution is -2.23. The smallest absolute Gasteiger partial charge is 0.296 e. The lowest BCUT2D eigenvalue weighted by Gasteiger charge is -2.10. The van der Waals surface area contributed by atoms with Gasteiger partial charge in [-0.05, 0) is 86.6 Å². The van der Waals surface area contributed by atoms with Gasteiger partial charge in [-0.2, -0.15) is 0 Å². The average molecular weight is 701 g/mol. The first-order valence-corrected chi connectivity index (χ1v) is 17.9. The summed E-state index contributed by atoms with van der Waals surface area (Å²) in [6.45, 7) is 3.29. The van der Waals surface area contributed by atoms with Crippen molar-refractivity contribution in [1.29, 1.82) is 0 Å². The second-order valence-corrected chi connectivity index (χ2v) is 14.5. The van der Waals surface area contributed by atoms with Crippen LogP contribution in [0.3, 0.4) is 0 Å². The number of para-hydroxylation sites is 2.